The molecule has 0 radical (unpaired) electrons. The number of hydrogen-bond donors (Lipinski definition) is 1. The van der Waals surface area contributed by atoms with E-state index >= 15 is 0 Å². The van der Waals surface area contributed by atoms with Crippen LogP contribution in [0.5, 0.6) is 11.5 Å². The van der Waals surface area contributed by atoms with E-state index in [1.807, 2.05) is 12.1 Å². The molecule has 6 heteroatoms. The number of hydrogen-bond acceptors (Lipinski definition) is 4. The molecule has 4 nitrogen and oxygen atoms in total. The van der Waals surface area contributed by atoms with Gasteiger partial charge in [-0.3, -0.25) is 4.90 Å². The first kappa shape index (κ1) is 16.5. The number of nitrogens with one attached hydrogen (secondary N) is 1. The van der Waals surface area contributed by atoms with Gasteiger partial charge in [-0.15, -0.1) is 11.8 Å². The molecule has 2 unspecified atom stereocenters. The Morgan fingerprint density at radius 1 is 1.32 bits per heavy atom. The van der Waals surface area contributed by atoms with Crippen LogP contribution in [0.25, 0.3) is 0 Å². The summed E-state index contributed by atoms with van der Waals surface area (Å²) in [4.78, 5) is 3.27. The Bertz CT molecular complexity index is 842. The first-order chi connectivity index (χ1) is 12.1. The molecule has 2 aliphatic rings. The van der Waals surface area contributed by atoms with Crippen molar-refractivity contribution < 1.29 is 9.47 Å². The average molecular weight is 373 g/mol. The Kier molecular flexibility index (Phi) is 4.04. The summed E-state index contributed by atoms with van der Waals surface area (Å²) in [5.41, 5.74) is 1.56. The van der Waals surface area contributed by atoms with Gasteiger partial charge in [0.2, 0.25) is 0 Å². The minimum atomic E-state index is -0.564. The molecule has 0 amide bonds. The summed E-state index contributed by atoms with van der Waals surface area (Å²) in [7, 11) is 1.67. The Labute approximate surface area is 157 Å². The summed E-state index contributed by atoms with van der Waals surface area (Å²) < 4.78 is 12.0. The molecule has 25 heavy (non-hydrogen) atoms. The van der Waals surface area contributed by atoms with Crippen molar-refractivity contribution in [2.45, 2.75) is 30.0 Å². The maximum absolute atomic E-state index is 6.49. The fraction of sp³-hybridized carbons (Fsp3) is 0.316. The highest BCUT2D eigenvalue weighted by molar-refractivity contribution is 7.98. The number of para-hydroxylation sites is 1. The third-order valence-electron chi connectivity index (χ3n) is 4.79. The number of ether oxygens (including phenoxy) is 2. The molecule has 0 spiro atoms. The highest BCUT2D eigenvalue weighted by Gasteiger charge is 2.49. The summed E-state index contributed by atoms with van der Waals surface area (Å²) in [6.45, 7) is 2.09. The maximum atomic E-state index is 6.49. The number of thiocarbonyl (C=S) groups is 1. The maximum Gasteiger partial charge on any atom is 0.188 e. The lowest BCUT2D eigenvalue weighted by Gasteiger charge is -2.52. The highest BCUT2D eigenvalue weighted by Crippen LogP contribution is 2.49. The van der Waals surface area contributed by atoms with Crippen LogP contribution in [0.3, 0.4) is 0 Å². The van der Waals surface area contributed by atoms with E-state index in [1.54, 1.807) is 18.9 Å². The Hall–Kier alpha value is -1.92. The van der Waals surface area contributed by atoms with Crippen LogP contribution in [0.4, 0.5) is 5.69 Å². The predicted molar refractivity (Wildman–Crippen MR) is 106 cm³/mol. The average Bonchev–Trinajstić information content (AvgIpc) is 2.60. The van der Waals surface area contributed by atoms with Gasteiger partial charge in [-0.2, -0.15) is 0 Å². The van der Waals surface area contributed by atoms with Gasteiger partial charge in [0.15, 0.2) is 22.3 Å². The molecule has 2 atom stereocenters. The van der Waals surface area contributed by atoms with Gasteiger partial charge < -0.3 is 14.8 Å². The first-order valence-corrected chi connectivity index (χ1v) is 9.80. The SMILES string of the molecule is COc1cccc2c1OC1(C)CC2NC(=S)N1c1cccc(SC)c1. The largest absolute Gasteiger partial charge is 0.493 e. The zero-order valence-electron chi connectivity index (χ0n) is 14.4. The molecule has 2 aromatic carbocycles. The quantitative estimate of drug-likeness (QED) is 0.637. The molecule has 2 aromatic rings. The zero-order valence-corrected chi connectivity index (χ0v) is 16.0. The van der Waals surface area contributed by atoms with Crippen molar-refractivity contribution in [3.05, 3.63) is 48.0 Å². The predicted octanol–water partition coefficient (Wildman–Crippen LogP) is 4.35. The normalized spacial score (nSPS) is 24.2. The van der Waals surface area contributed by atoms with E-state index in [9.17, 15) is 0 Å². The molecule has 2 bridgehead atoms. The third kappa shape index (κ3) is 2.64. The zero-order chi connectivity index (χ0) is 17.6. The van der Waals surface area contributed by atoms with Crippen LogP contribution < -0.4 is 19.7 Å². The topological polar surface area (TPSA) is 33.7 Å². The standard InChI is InChI=1S/C19H20N2O2S2/c1-19-11-15(14-8-5-9-16(22-2)17(14)23-19)20-18(24)21(19)12-6-4-7-13(10-12)25-3/h4-10,15H,11H2,1-3H3,(H,20,24). The van der Waals surface area contributed by atoms with E-state index in [2.05, 4.69) is 53.7 Å². The van der Waals surface area contributed by atoms with Gasteiger partial charge in [-0.05, 0) is 49.7 Å². The molecule has 1 saturated heterocycles. The van der Waals surface area contributed by atoms with E-state index in [1.165, 1.54) is 4.90 Å². The van der Waals surface area contributed by atoms with Crippen molar-refractivity contribution >= 4 is 34.8 Å². The molecule has 1 N–H and O–H groups in total. The van der Waals surface area contributed by atoms with Crippen molar-refractivity contribution in [3.63, 3.8) is 0 Å². The Morgan fingerprint density at radius 3 is 2.88 bits per heavy atom. The summed E-state index contributed by atoms with van der Waals surface area (Å²) in [6, 6.07) is 14.5. The number of nitrogens with zero attached hydrogens (tertiary/aromatic N) is 1. The number of fused-ring (bicyclic) bond motifs is 4. The van der Waals surface area contributed by atoms with Crippen LogP contribution >= 0.6 is 24.0 Å². The number of rotatable bonds is 3. The second-order valence-corrected chi connectivity index (χ2v) is 7.67. The van der Waals surface area contributed by atoms with E-state index in [-0.39, 0.29) is 6.04 Å². The smallest absolute Gasteiger partial charge is 0.188 e. The van der Waals surface area contributed by atoms with E-state index in [0.29, 0.717) is 5.11 Å². The van der Waals surface area contributed by atoms with Gasteiger partial charge in [-0.1, -0.05) is 18.2 Å². The molecule has 0 aliphatic carbocycles. The van der Waals surface area contributed by atoms with Gasteiger partial charge in [0.05, 0.1) is 13.2 Å². The Balaban J connectivity index is 1.81. The van der Waals surface area contributed by atoms with Crippen molar-refractivity contribution in [3.8, 4) is 11.5 Å². The molecule has 2 aliphatic heterocycles. The summed E-state index contributed by atoms with van der Waals surface area (Å²) in [5, 5.41) is 4.17. The summed E-state index contributed by atoms with van der Waals surface area (Å²) in [6.07, 6.45) is 2.87. The molecule has 2 heterocycles. The van der Waals surface area contributed by atoms with E-state index in [0.717, 1.165) is 29.2 Å². The lowest BCUT2D eigenvalue weighted by atomic mass is 9.90. The van der Waals surface area contributed by atoms with Gasteiger partial charge in [-0.25, -0.2) is 0 Å². The minimum Gasteiger partial charge on any atom is -0.493 e. The third-order valence-corrected chi connectivity index (χ3v) is 5.82. The monoisotopic (exact) mass is 372 g/mol. The van der Waals surface area contributed by atoms with Crippen LogP contribution in [-0.2, 0) is 0 Å². The fourth-order valence-electron chi connectivity index (χ4n) is 3.66. The van der Waals surface area contributed by atoms with Crippen molar-refractivity contribution in [1.82, 2.24) is 5.32 Å². The molecule has 0 saturated carbocycles. The number of methoxy groups -OCH3 is 1. The number of anilines is 1. The molecule has 130 valence electrons. The second kappa shape index (κ2) is 6.11. The van der Waals surface area contributed by atoms with Gasteiger partial charge in [0, 0.05) is 22.6 Å². The molecule has 0 aromatic heterocycles. The summed E-state index contributed by atoms with van der Waals surface area (Å²) in [5.74, 6) is 1.55. The van der Waals surface area contributed by atoms with Crippen molar-refractivity contribution in [2.75, 3.05) is 18.3 Å². The molecule has 1 fully saturated rings. The van der Waals surface area contributed by atoms with Gasteiger partial charge in [0.1, 0.15) is 0 Å². The van der Waals surface area contributed by atoms with Crippen LogP contribution in [0.2, 0.25) is 0 Å². The molecular formula is C19H20N2O2S2. The minimum absolute atomic E-state index is 0.122. The van der Waals surface area contributed by atoms with E-state index in [4.69, 9.17) is 21.7 Å². The molecular weight excluding hydrogens is 352 g/mol. The second-order valence-electron chi connectivity index (χ2n) is 6.40. The van der Waals surface area contributed by atoms with Gasteiger partial charge in [0.25, 0.3) is 0 Å². The number of benzene rings is 2. The van der Waals surface area contributed by atoms with Crippen molar-refractivity contribution in [2.24, 2.45) is 0 Å². The first-order valence-electron chi connectivity index (χ1n) is 8.16. The van der Waals surface area contributed by atoms with E-state index < -0.39 is 5.72 Å². The lowest BCUT2D eigenvalue weighted by Crippen LogP contribution is -2.65. The van der Waals surface area contributed by atoms with Gasteiger partial charge >= 0.3 is 0 Å². The lowest BCUT2D eigenvalue weighted by molar-refractivity contribution is 0.0464. The highest BCUT2D eigenvalue weighted by atomic mass is 32.2. The summed E-state index contributed by atoms with van der Waals surface area (Å²) >= 11 is 7.42. The number of thioether (sulfide) groups is 1. The fourth-order valence-corrected chi connectivity index (χ4v) is 4.56. The van der Waals surface area contributed by atoms with Crippen LogP contribution in [0, 0.1) is 0 Å². The molecule has 4 rings (SSSR count). The Morgan fingerprint density at radius 2 is 2.12 bits per heavy atom. The van der Waals surface area contributed by atoms with Crippen LogP contribution in [0.1, 0.15) is 24.9 Å². The van der Waals surface area contributed by atoms with Crippen LogP contribution in [0.15, 0.2) is 47.4 Å². The van der Waals surface area contributed by atoms with Crippen molar-refractivity contribution in [1.29, 1.82) is 0 Å². The van der Waals surface area contributed by atoms with Crippen LogP contribution in [-0.4, -0.2) is 24.2 Å².